The van der Waals surface area contributed by atoms with Gasteiger partial charge in [-0.05, 0) is 43.1 Å². The van der Waals surface area contributed by atoms with E-state index in [1.807, 2.05) is 12.1 Å². The third kappa shape index (κ3) is 4.30. The highest BCUT2D eigenvalue weighted by Gasteiger charge is 2.19. The minimum Gasteiger partial charge on any atom is -0.496 e. The molecule has 5 heteroatoms. The average Bonchev–Trinajstić information content (AvgIpc) is 2.99. The van der Waals surface area contributed by atoms with Crippen molar-refractivity contribution < 1.29 is 4.74 Å². The lowest BCUT2D eigenvalue weighted by Crippen LogP contribution is -2.32. The van der Waals surface area contributed by atoms with Crippen LogP contribution >= 0.6 is 27.3 Å². The minimum absolute atomic E-state index is 0.150. The van der Waals surface area contributed by atoms with Crippen LogP contribution in [-0.2, 0) is 6.42 Å². The Bertz CT molecular complexity index is 559. The number of benzene rings is 1. The zero-order valence-electron chi connectivity index (χ0n) is 12.4. The van der Waals surface area contributed by atoms with Crippen molar-refractivity contribution in [3.05, 3.63) is 50.6 Å². The molecule has 1 aromatic carbocycles. The summed E-state index contributed by atoms with van der Waals surface area (Å²) < 4.78 is 6.53. The molecule has 2 N–H and O–H groups in total. The summed E-state index contributed by atoms with van der Waals surface area (Å²) >= 11 is 5.33. The summed E-state index contributed by atoms with van der Waals surface area (Å²) in [6.45, 7) is 1.53. The highest BCUT2D eigenvalue weighted by Crippen LogP contribution is 2.31. The average molecular weight is 369 g/mol. The van der Waals surface area contributed by atoms with Crippen LogP contribution in [0.5, 0.6) is 5.75 Å². The van der Waals surface area contributed by atoms with Crippen molar-refractivity contribution >= 4 is 27.3 Å². The molecule has 1 heterocycles. The van der Waals surface area contributed by atoms with E-state index in [0.29, 0.717) is 6.54 Å². The van der Waals surface area contributed by atoms with Crippen LogP contribution in [0.2, 0.25) is 0 Å². The van der Waals surface area contributed by atoms with E-state index in [4.69, 9.17) is 10.5 Å². The summed E-state index contributed by atoms with van der Waals surface area (Å²) in [4.78, 5) is 3.70. The lowest BCUT2D eigenvalue weighted by molar-refractivity contribution is 0.247. The molecule has 2 rings (SSSR count). The normalized spacial score (nSPS) is 12.6. The van der Waals surface area contributed by atoms with Crippen molar-refractivity contribution in [2.24, 2.45) is 5.73 Å². The molecule has 2 aromatic rings. The third-order valence-corrected chi connectivity index (χ3v) is 5.03. The van der Waals surface area contributed by atoms with Crippen LogP contribution in [0.4, 0.5) is 0 Å². The molecule has 0 amide bonds. The number of hydrogen-bond donors (Lipinski definition) is 1. The molecule has 3 nitrogen and oxygen atoms in total. The molecule has 0 radical (unpaired) electrons. The van der Waals surface area contributed by atoms with Crippen molar-refractivity contribution in [2.75, 3.05) is 27.2 Å². The summed E-state index contributed by atoms with van der Waals surface area (Å²) in [5.74, 6) is 0.886. The Hall–Kier alpha value is -0.880. The maximum Gasteiger partial charge on any atom is 0.123 e. The summed E-state index contributed by atoms with van der Waals surface area (Å²) in [6.07, 6.45) is 1.04. The van der Waals surface area contributed by atoms with Gasteiger partial charge in [-0.1, -0.05) is 22.0 Å². The van der Waals surface area contributed by atoms with Gasteiger partial charge in [-0.3, -0.25) is 4.90 Å². The van der Waals surface area contributed by atoms with Crippen LogP contribution in [0.15, 0.2) is 40.2 Å². The highest BCUT2D eigenvalue weighted by atomic mass is 79.9. The first kappa shape index (κ1) is 16.5. The lowest BCUT2D eigenvalue weighted by atomic mass is 10.0. The molecule has 1 atom stereocenters. The topological polar surface area (TPSA) is 38.5 Å². The second kappa shape index (κ2) is 7.94. The van der Waals surface area contributed by atoms with Crippen LogP contribution < -0.4 is 10.5 Å². The van der Waals surface area contributed by atoms with Gasteiger partial charge < -0.3 is 10.5 Å². The zero-order chi connectivity index (χ0) is 15.2. The molecule has 0 spiro atoms. The van der Waals surface area contributed by atoms with E-state index in [0.717, 1.165) is 28.8 Å². The highest BCUT2D eigenvalue weighted by molar-refractivity contribution is 9.10. The number of hydrogen-bond acceptors (Lipinski definition) is 4. The quantitative estimate of drug-likeness (QED) is 0.809. The maximum absolute atomic E-state index is 6.02. The van der Waals surface area contributed by atoms with E-state index in [-0.39, 0.29) is 6.04 Å². The molecule has 0 aliphatic carbocycles. The first-order valence-electron chi connectivity index (χ1n) is 6.91. The summed E-state index contributed by atoms with van der Waals surface area (Å²) in [5.41, 5.74) is 7.15. The molecule has 114 valence electrons. The summed E-state index contributed by atoms with van der Waals surface area (Å²) in [5, 5.41) is 2.12. The van der Waals surface area contributed by atoms with Crippen LogP contribution in [0, 0.1) is 0 Å². The van der Waals surface area contributed by atoms with E-state index in [9.17, 15) is 0 Å². The molecule has 0 aliphatic rings. The van der Waals surface area contributed by atoms with Gasteiger partial charge in [0.15, 0.2) is 0 Å². The smallest absolute Gasteiger partial charge is 0.123 e. The van der Waals surface area contributed by atoms with Crippen molar-refractivity contribution in [3.63, 3.8) is 0 Å². The molecule has 0 aliphatic heterocycles. The van der Waals surface area contributed by atoms with E-state index in [2.05, 4.69) is 51.5 Å². The molecule has 1 unspecified atom stereocenters. The third-order valence-electron chi connectivity index (χ3n) is 3.60. The van der Waals surface area contributed by atoms with Gasteiger partial charge in [0.05, 0.1) is 13.2 Å². The Balaban J connectivity index is 2.12. The van der Waals surface area contributed by atoms with Crippen molar-refractivity contribution in [2.45, 2.75) is 12.5 Å². The van der Waals surface area contributed by atoms with E-state index in [1.54, 1.807) is 18.4 Å². The van der Waals surface area contributed by atoms with Gasteiger partial charge in [0.1, 0.15) is 5.75 Å². The number of nitrogens with two attached hydrogens (primary N) is 1. The van der Waals surface area contributed by atoms with Crippen molar-refractivity contribution in [3.8, 4) is 5.75 Å². The fourth-order valence-electron chi connectivity index (χ4n) is 2.41. The van der Waals surface area contributed by atoms with Crippen LogP contribution in [0.25, 0.3) is 0 Å². The summed E-state index contributed by atoms with van der Waals surface area (Å²) in [7, 11) is 3.82. The van der Waals surface area contributed by atoms with Gasteiger partial charge in [0.2, 0.25) is 0 Å². The lowest BCUT2D eigenvalue weighted by Gasteiger charge is -2.28. The second-order valence-electron chi connectivity index (χ2n) is 4.95. The van der Waals surface area contributed by atoms with E-state index < -0.39 is 0 Å². The predicted octanol–water partition coefficient (Wildman–Crippen LogP) is 3.69. The fraction of sp³-hybridized carbons (Fsp3) is 0.375. The fourth-order valence-corrected chi connectivity index (χ4v) is 3.48. The first-order chi connectivity index (χ1) is 10.2. The summed E-state index contributed by atoms with van der Waals surface area (Å²) in [6, 6.07) is 10.5. The van der Waals surface area contributed by atoms with Crippen LogP contribution in [0.3, 0.4) is 0 Å². The van der Waals surface area contributed by atoms with Gasteiger partial charge in [-0.15, -0.1) is 11.3 Å². The molecule has 0 fully saturated rings. The Morgan fingerprint density at radius 1 is 1.38 bits per heavy atom. The van der Waals surface area contributed by atoms with Gasteiger partial charge in [0.25, 0.3) is 0 Å². The first-order valence-corrected chi connectivity index (χ1v) is 8.59. The molecule has 21 heavy (non-hydrogen) atoms. The second-order valence-corrected chi connectivity index (χ2v) is 6.90. The Morgan fingerprint density at radius 2 is 2.19 bits per heavy atom. The molecule has 0 saturated heterocycles. The number of methoxy groups -OCH3 is 1. The zero-order valence-corrected chi connectivity index (χ0v) is 14.8. The van der Waals surface area contributed by atoms with Gasteiger partial charge in [-0.2, -0.15) is 0 Å². The largest absolute Gasteiger partial charge is 0.496 e. The van der Waals surface area contributed by atoms with Gasteiger partial charge in [0, 0.05) is 28.0 Å². The molecule has 0 bridgehead atoms. The number of likely N-dealkylation sites (N-methyl/N-ethyl adjacent to an activating group) is 1. The van der Waals surface area contributed by atoms with Gasteiger partial charge >= 0.3 is 0 Å². The predicted molar refractivity (Wildman–Crippen MR) is 93.1 cm³/mol. The Morgan fingerprint density at radius 3 is 2.81 bits per heavy atom. The SMILES string of the molecule is COc1ccc(Br)cc1C(CN)N(C)CCc1cccs1. The number of thiophene rings is 1. The van der Waals surface area contributed by atoms with Crippen molar-refractivity contribution in [1.82, 2.24) is 4.90 Å². The number of ether oxygens (including phenoxy) is 1. The van der Waals surface area contributed by atoms with E-state index in [1.165, 1.54) is 4.88 Å². The number of halogens is 1. The number of nitrogens with zero attached hydrogens (tertiary/aromatic N) is 1. The monoisotopic (exact) mass is 368 g/mol. The standard InChI is InChI=1S/C16H21BrN2OS/c1-19(8-7-13-4-3-9-21-13)15(11-18)14-10-12(17)5-6-16(14)20-2/h3-6,9-10,15H,7-8,11,18H2,1-2H3. The number of rotatable bonds is 7. The molecular formula is C16H21BrN2OS. The van der Waals surface area contributed by atoms with Crippen molar-refractivity contribution in [1.29, 1.82) is 0 Å². The minimum atomic E-state index is 0.150. The Labute approximate surface area is 138 Å². The van der Waals surface area contributed by atoms with Crippen LogP contribution in [-0.4, -0.2) is 32.1 Å². The Kier molecular flexibility index (Phi) is 6.23. The van der Waals surface area contributed by atoms with Crippen LogP contribution in [0.1, 0.15) is 16.5 Å². The molecular weight excluding hydrogens is 348 g/mol. The van der Waals surface area contributed by atoms with E-state index >= 15 is 0 Å². The molecule has 1 aromatic heterocycles. The van der Waals surface area contributed by atoms with Gasteiger partial charge in [-0.25, -0.2) is 0 Å². The molecule has 0 saturated carbocycles. The maximum atomic E-state index is 6.02.